The summed E-state index contributed by atoms with van der Waals surface area (Å²) in [6.45, 7) is 0. The number of hydrogen-bond donors (Lipinski definition) is 2. The number of alkyl halides is 2. The molecule has 0 spiro atoms. The number of hydrogen-bond acceptors (Lipinski definition) is 5. The summed E-state index contributed by atoms with van der Waals surface area (Å²) >= 11 is 0. The van der Waals surface area contributed by atoms with Gasteiger partial charge >= 0.3 is 0 Å². The Balaban J connectivity index is 1.48. The van der Waals surface area contributed by atoms with Gasteiger partial charge in [-0.2, -0.15) is 5.10 Å². The third-order valence-corrected chi connectivity index (χ3v) is 5.46. The monoisotopic (exact) mass is 432 g/mol. The van der Waals surface area contributed by atoms with Crippen LogP contribution in [0.4, 0.5) is 20.4 Å². The maximum absolute atomic E-state index is 12.8. The Morgan fingerprint density at radius 3 is 2.81 bits per heavy atom. The van der Waals surface area contributed by atoms with Crippen molar-refractivity contribution in [3.8, 4) is 11.8 Å². The van der Waals surface area contributed by atoms with Gasteiger partial charge in [0.05, 0.1) is 11.1 Å². The zero-order chi connectivity index (χ0) is 22.2. The molecule has 1 aliphatic rings. The van der Waals surface area contributed by atoms with E-state index in [9.17, 15) is 13.6 Å². The molecule has 4 aromatic rings. The first-order chi connectivity index (χ1) is 15.5. The molecule has 1 amide bonds. The lowest BCUT2D eigenvalue weighted by molar-refractivity contribution is -0.118. The lowest BCUT2D eigenvalue weighted by Gasteiger charge is -2.09. The van der Waals surface area contributed by atoms with E-state index in [-0.39, 0.29) is 12.2 Å². The van der Waals surface area contributed by atoms with Gasteiger partial charge in [0.2, 0.25) is 12.3 Å². The fraction of sp³-hybridized carbons (Fsp3) is 0.217. The second kappa shape index (κ2) is 7.89. The smallest absolute Gasteiger partial charge is 0.242 e. The van der Waals surface area contributed by atoms with Gasteiger partial charge in [0.1, 0.15) is 17.3 Å². The first-order valence-corrected chi connectivity index (χ1v) is 10.1. The number of rotatable bonds is 4. The van der Waals surface area contributed by atoms with Gasteiger partial charge in [-0.05, 0) is 36.6 Å². The van der Waals surface area contributed by atoms with Gasteiger partial charge in [-0.15, -0.1) is 0 Å². The van der Waals surface area contributed by atoms with Crippen molar-refractivity contribution in [1.82, 2.24) is 19.6 Å². The number of halogens is 2. The molecular formula is C23H18F2N6O. The molecule has 4 heterocycles. The highest BCUT2D eigenvalue weighted by Crippen LogP contribution is 2.43. The van der Waals surface area contributed by atoms with Crippen LogP contribution in [0.15, 0.2) is 48.9 Å². The lowest BCUT2D eigenvalue weighted by Crippen LogP contribution is -2.17. The number of amides is 1. The fourth-order valence-electron chi connectivity index (χ4n) is 3.65. The summed E-state index contributed by atoms with van der Waals surface area (Å²) in [5, 5.41) is 11.5. The van der Waals surface area contributed by atoms with Crippen molar-refractivity contribution in [2.45, 2.75) is 12.8 Å². The van der Waals surface area contributed by atoms with E-state index in [0.29, 0.717) is 17.1 Å². The van der Waals surface area contributed by atoms with E-state index >= 15 is 0 Å². The van der Waals surface area contributed by atoms with E-state index in [0.717, 1.165) is 16.3 Å². The highest BCUT2D eigenvalue weighted by molar-refractivity contribution is 5.99. The van der Waals surface area contributed by atoms with Crippen LogP contribution >= 0.6 is 0 Å². The van der Waals surface area contributed by atoms with Crippen LogP contribution in [-0.4, -0.2) is 39.0 Å². The first-order valence-electron chi connectivity index (χ1n) is 10.1. The van der Waals surface area contributed by atoms with E-state index in [1.807, 2.05) is 30.5 Å². The van der Waals surface area contributed by atoms with Crippen molar-refractivity contribution in [1.29, 1.82) is 0 Å². The van der Waals surface area contributed by atoms with Crippen LogP contribution in [0.3, 0.4) is 0 Å². The van der Waals surface area contributed by atoms with Crippen molar-refractivity contribution in [3.63, 3.8) is 0 Å². The molecule has 1 aliphatic carbocycles. The van der Waals surface area contributed by atoms with E-state index in [1.54, 1.807) is 30.0 Å². The maximum Gasteiger partial charge on any atom is 0.242 e. The highest BCUT2D eigenvalue weighted by Gasteiger charge is 2.48. The standard InChI is InChI=1S/C23H18F2N6O/c1-26-22-19-12-27-20(29-23(32)18-9-17(18)21(24)25)10-16(19)13(11-28-22)5-6-14-8-15-4-2-3-7-31(15)30-14/h2-4,7-8,10-12,17-18,21H,9H2,1H3,(H,26,28)(H,27,29,32)/t17-,18+/m1/s1. The predicted octanol–water partition coefficient (Wildman–Crippen LogP) is 3.56. The number of pyridine rings is 3. The molecule has 0 radical (unpaired) electrons. The van der Waals surface area contributed by atoms with Crippen LogP contribution < -0.4 is 10.6 Å². The average Bonchev–Trinajstić information content (AvgIpc) is 3.50. The molecule has 0 aromatic carbocycles. The summed E-state index contributed by atoms with van der Waals surface area (Å²) in [5.74, 6) is 5.06. The van der Waals surface area contributed by atoms with Gasteiger partial charge in [0, 0.05) is 48.2 Å². The molecule has 0 aliphatic heterocycles. The summed E-state index contributed by atoms with van der Waals surface area (Å²) in [5.41, 5.74) is 2.17. The van der Waals surface area contributed by atoms with Crippen LogP contribution in [0.2, 0.25) is 0 Å². The fourth-order valence-corrected chi connectivity index (χ4v) is 3.65. The minimum atomic E-state index is -2.49. The van der Waals surface area contributed by atoms with Gasteiger partial charge in [0.25, 0.3) is 0 Å². The minimum Gasteiger partial charge on any atom is -0.373 e. The molecule has 5 rings (SSSR count). The van der Waals surface area contributed by atoms with Crippen molar-refractivity contribution in [2.24, 2.45) is 11.8 Å². The number of carbonyl (C=O) groups excluding carboxylic acids is 1. The second-order valence-corrected chi connectivity index (χ2v) is 7.57. The van der Waals surface area contributed by atoms with Crippen LogP contribution in [0.5, 0.6) is 0 Å². The summed E-state index contributed by atoms with van der Waals surface area (Å²) in [4.78, 5) is 20.9. The third kappa shape index (κ3) is 3.71. The Labute approximate surface area is 181 Å². The van der Waals surface area contributed by atoms with Crippen molar-refractivity contribution < 1.29 is 13.6 Å². The van der Waals surface area contributed by atoms with E-state index in [1.165, 1.54) is 0 Å². The Bertz CT molecular complexity index is 1370. The largest absolute Gasteiger partial charge is 0.373 e. The SMILES string of the molecule is CNc1ncc(C#Cc2cc3ccccn3n2)c2cc(NC(=O)[C@H]3C[C@H]3C(F)F)ncc12. The Kier molecular flexibility index (Phi) is 4.90. The number of carbonyl (C=O) groups is 1. The van der Waals surface area contributed by atoms with Crippen molar-refractivity contribution in [2.75, 3.05) is 17.7 Å². The summed E-state index contributed by atoms with van der Waals surface area (Å²) in [6.07, 6.45) is 2.77. The van der Waals surface area contributed by atoms with E-state index < -0.39 is 24.2 Å². The molecule has 0 unspecified atom stereocenters. The number of nitrogens with one attached hydrogen (secondary N) is 2. The first kappa shape index (κ1) is 19.9. The molecule has 160 valence electrons. The van der Waals surface area contributed by atoms with Crippen LogP contribution in [-0.2, 0) is 4.79 Å². The molecule has 1 fully saturated rings. The normalized spacial score (nSPS) is 17.2. The topological polar surface area (TPSA) is 84.2 Å². The number of fused-ring (bicyclic) bond motifs is 2. The van der Waals surface area contributed by atoms with E-state index in [4.69, 9.17) is 0 Å². The zero-order valence-electron chi connectivity index (χ0n) is 17.0. The van der Waals surface area contributed by atoms with E-state index in [2.05, 4.69) is 37.5 Å². The molecular weight excluding hydrogens is 414 g/mol. The Morgan fingerprint density at radius 2 is 2.06 bits per heavy atom. The molecule has 2 atom stereocenters. The average molecular weight is 432 g/mol. The van der Waals surface area contributed by atoms with Gasteiger partial charge in [0.15, 0.2) is 0 Å². The summed E-state index contributed by atoms with van der Waals surface area (Å²) < 4.78 is 27.3. The number of nitrogens with zero attached hydrogens (tertiary/aromatic N) is 4. The third-order valence-electron chi connectivity index (χ3n) is 5.46. The highest BCUT2D eigenvalue weighted by atomic mass is 19.3. The number of aromatic nitrogens is 4. The van der Waals surface area contributed by atoms with Gasteiger partial charge in [-0.25, -0.2) is 23.3 Å². The van der Waals surface area contributed by atoms with Gasteiger partial charge in [-0.3, -0.25) is 4.79 Å². The summed E-state index contributed by atoms with van der Waals surface area (Å²) in [7, 11) is 1.75. The quantitative estimate of drug-likeness (QED) is 0.482. The molecule has 4 aromatic heterocycles. The van der Waals surface area contributed by atoms with Crippen molar-refractivity contribution in [3.05, 3.63) is 60.2 Å². The molecule has 2 N–H and O–H groups in total. The number of anilines is 2. The molecule has 0 saturated heterocycles. The molecule has 0 bridgehead atoms. The van der Waals surface area contributed by atoms with Crippen LogP contribution in [0.1, 0.15) is 17.7 Å². The molecule has 32 heavy (non-hydrogen) atoms. The maximum atomic E-state index is 12.8. The second-order valence-electron chi connectivity index (χ2n) is 7.57. The van der Waals surface area contributed by atoms with Crippen LogP contribution in [0.25, 0.3) is 16.3 Å². The molecule has 9 heteroatoms. The molecule has 7 nitrogen and oxygen atoms in total. The minimum absolute atomic E-state index is 0.195. The molecule has 1 saturated carbocycles. The zero-order valence-corrected chi connectivity index (χ0v) is 17.0. The summed E-state index contributed by atoms with van der Waals surface area (Å²) in [6, 6.07) is 9.32. The lowest BCUT2D eigenvalue weighted by atomic mass is 10.1. The Morgan fingerprint density at radius 1 is 1.19 bits per heavy atom. The van der Waals surface area contributed by atoms with Gasteiger partial charge in [-0.1, -0.05) is 12.0 Å². The van der Waals surface area contributed by atoms with Gasteiger partial charge < -0.3 is 10.6 Å². The van der Waals surface area contributed by atoms with Crippen LogP contribution in [0, 0.1) is 23.7 Å². The van der Waals surface area contributed by atoms with Crippen molar-refractivity contribution >= 4 is 33.8 Å². The Hall–Kier alpha value is -4.06. The predicted molar refractivity (Wildman–Crippen MR) is 116 cm³/mol.